The second-order valence-electron chi connectivity index (χ2n) is 20.2. The maximum absolute atomic E-state index is 13.5. The molecule has 76 heavy (non-hydrogen) atoms. The highest BCUT2D eigenvalue weighted by Crippen LogP contribution is 2.42. The van der Waals surface area contributed by atoms with Crippen molar-refractivity contribution >= 4 is 12.2 Å². The van der Waals surface area contributed by atoms with E-state index in [-0.39, 0.29) is 32.3 Å². The third kappa shape index (κ3) is 12.2. The first-order chi connectivity index (χ1) is 36.9. The van der Waals surface area contributed by atoms with Crippen molar-refractivity contribution in [1.82, 2.24) is 10.6 Å². The topological polar surface area (TPSA) is 287 Å². The molecule has 4 aromatic rings. The number of carbonyl (C=O) groups is 2. The average Bonchev–Trinajstić information content (AvgIpc) is 3.74. The number of amides is 2. The Morgan fingerprint density at radius 2 is 1.09 bits per heavy atom. The zero-order valence-corrected chi connectivity index (χ0v) is 41.7. The fraction of sp³-hybridized carbons (Fsp3) is 0.527. The van der Waals surface area contributed by atoms with Crippen molar-refractivity contribution < 1.29 is 87.2 Å². The molecule has 5 aliphatic heterocycles. The van der Waals surface area contributed by atoms with Gasteiger partial charge in [0.05, 0.1) is 37.6 Å². The van der Waals surface area contributed by atoms with E-state index in [1.165, 1.54) is 0 Å². The van der Waals surface area contributed by atoms with Crippen LogP contribution in [0.15, 0.2) is 121 Å². The Kier molecular flexibility index (Phi) is 17.6. The van der Waals surface area contributed by atoms with Crippen molar-refractivity contribution in [2.24, 2.45) is 11.7 Å². The highest BCUT2D eigenvalue weighted by molar-refractivity contribution is 5.68. The molecule has 6 aliphatic rings. The van der Waals surface area contributed by atoms with E-state index in [1.54, 1.807) is 36.4 Å². The molecule has 21 nitrogen and oxygen atoms in total. The fourth-order valence-corrected chi connectivity index (χ4v) is 11.0. The van der Waals surface area contributed by atoms with Gasteiger partial charge >= 0.3 is 12.2 Å². The van der Waals surface area contributed by atoms with E-state index in [0.29, 0.717) is 18.4 Å². The van der Waals surface area contributed by atoms with Gasteiger partial charge in [0.15, 0.2) is 25.2 Å². The molecule has 1 aliphatic carbocycles. The Morgan fingerprint density at radius 3 is 1.67 bits per heavy atom. The maximum Gasteiger partial charge on any atom is 0.407 e. The monoisotopic (exact) mass is 1060 g/mol. The number of ether oxygens (including phenoxy) is 11. The molecule has 9 N–H and O–H groups in total. The number of alkyl carbamates (subject to hydrolysis) is 2. The maximum atomic E-state index is 13.5. The van der Waals surface area contributed by atoms with Crippen molar-refractivity contribution in [3.63, 3.8) is 0 Å². The summed E-state index contributed by atoms with van der Waals surface area (Å²) < 4.78 is 68.5. The van der Waals surface area contributed by atoms with Crippen molar-refractivity contribution in [3.8, 4) is 0 Å². The van der Waals surface area contributed by atoms with Crippen molar-refractivity contribution in [2.45, 2.75) is 162 Å². The van der Waals surface area contributed by atoms with Gasteiger partial charge in [-0.25, -0.2) is 9.59 Å². The minimum atomic E-state index is -1.69. The summed E-state index contributed by atoms with van der Waals surface area (Å²) in [6.45, 7) is 0.942. The summed E-state index contributed by atoms with van der Waals surface area (Å²) in [5.74, 6) is -0.481. The molecule has 0 spiro atoms. The van der Waals surface area contributed by atoms with Gasteiger partial charge in [-0.1, -0.05) is 128 Å². The lowest BCUT2D eigenvalue weighted by molar-refractivity contribution is -0.359. The summed E-state index contributed by atoms with van der Waals surface area (Å²) in [7, 11) is 0. The summed E-state index contributed by atoms with van der Waals surface area (Å²) in [6.07, 6.45) is -20.9. The van der Waals surface area contributed by atoms with Crippen LogP contribution in [0.1, 0.15) is 60.8 Å². The van der Waals surface area contributed by atoms with Gasteiger partial charge in [0.1, 0.15) is 80.2 Å². The van der Waals surface area contributed by atoms with E-state index in [1.807, 2.05) is 91.9 Å². The lowest BCUT2D eigenvalue weighted by Crippen LogP contribution is -2.68. The van der Waals surface area contributed by atoms with E-state index in [2.05, 4.69) is 10.6 Å². The summed E-state index contributed by atoms with van der Waals surface area (Å²) >= 11 is 0. The molecule has 0 bridgehead atoms. The Labute approximate surface area is 439 Å². The highest BCUT2D eigenvalue weighted by Gasteiger charge is 2.57. The normalized spacial score (nSPS) is 38.2. The van der Waals surface area contributed by atoms with Crippen LogP contribution in [-0.2, 0) is 65.3 Å². The van der Waals surface area contributed by atoms with Crippen LogP contribution in [0.4, 0.5) is 9.59 Å². The number of aliphatic hydroxyl groups excluding tert-OH is 5. The van der Waals surface area contributed by atoms with Crippen LogP contribution in [0.3, 0.4) is 0 Å². The summed E-state index contributed by atoms with van der Waals surface area (Å²) in [5, 5.41) is 64.1. The Bertz CT molecular complexity index is 2470. The lowest BCUT2D eigenvalue weighted by Gasteiger charge is -2.50. The number of rotatable bonds is 15. The standard InChI is InChI=1S/C55H67N3O18/c1-29-24-34(56)41(60)49(45(29)73-52-40(58-55(65)68-27-31-16-8-3-9-17-31)43(62)48-38(72-52)28-66-50(74-48)33-20-12-5-13-21-33)76-53-44(63)47(37(25-59)71-53)75-51-39(57-54(64)67-26-30-14-6-2-7-15-30)42(61)46-36(70-51)23-22-35(69-46)32-18-10-4-11-19-32/h2-21,29,34-53,59-63H,22-28,56H2,1H3,(H,57,64)(H,58,65)/t29-,34+,35?,36-,37+,38+,39+,40+,41-,42+,43-,44+,45+,46+,47+,48+,49+,50?,51+,52+,53-/m0/s1. The van der Waals surface area contributed by atoms with Gasteiger partial charge in [0.2, 0.25) is 0 Å². The molecule has 0 aromatic heterocycles. The molecular weight excluding hydrogens is 991 g/mol. The molecule has 6 fully saturated rings. The van der Waals surface area contributed by atoms with E-state index in [9.17, 15) is 35.1 Å². The van der Waals surface area contributed by atoms with Gasteiger partial charge in [-0.2, -0.15) is 0 Å². The largest absolute Gasteiger partial charge is 0.445 e. The first-order valence-electron chi connectivity index (χ1n) is 25.9. The molecule has 2 amide bonds. The first-order valence-corrected chi connectivity index (χ1v) is 25.9. The molecule has 0 radical (unpaired) electrons. The van der Waals surface area contributed by atoms with E-state index < -0.39 is 141 Å². The molecule has 1 saturated carbocycles. The zero-order chi connectivity index (χ0) is 52.9. The number of aliphatic hydroxyl groups is 5. The molecule has 4 aromatic carbocycles. The number of hydrogen-bond acceptors (Lipinski definition) is 19. The number of nitrogens with one attached hydrogen (secondary N) is 2. The minimum absolute atomic E-state index is 0.0262. The molecule has 21 atom stereocenters. The minimum Gasteiger partial charge on any atom is -0.445 e. The number of fused-ring (bicyclic) bond motifs is 2. The predicted octanol–water partition coefficient (Wildman–Crippen LogP) is 2.74. The van der Waals surface area contributed by atoms with Gasteiger partial charge < -0.3 is 94.0 Å². The fourth-order valence-electron chi connectivity index (χ4n) is 11.0. The van der Waals surface area contributed by atoms with Crippen LogP contribution in [0.25, 0.3) is 0 Å². The zero-order valence-electron chi connectivity index (χ0n) is 41.7. The Morgan fingerprint density at radius 1 is 0.579 bits per heavy atom. The molecular formula is C55H67N3O18. The molecule has 410 valence electrons. The smallest absolute Gasteiger partial charge is 0.407 e. The van der Waals surface area contributed by atoms with Gasteiger partial charge in [-0.05, 0) is 41.9 Å². The van der Waals surface area contributed by atoms with Crippen LogP contribution < -0.4 is 16.4 Å². The molecule has 10 rings (SSSR count). The van der Waals surface area contributed by atoms with Gasteiger partial charge in [0, 0.05) is 11.6 Å². The number of carbonyl (C=O) groups excluding carboxylic acids is 2. The summed E-state index contributed by atoms with van der Waals surface area (Å²) in [4.78, 5) is 27.0. The van der Waals surface area contributed by atoms with Crippen LogP contribution in [0, 0.1) is 5.92 Å². The van der Waals surface area contributed by atoms with Gasteiger partial charge in [-0.15, -0.1) is 0 Å². The summed E-state index contributed by atoms with van der Waals surface area (Å²) in [5.41, 5.74) is 9.56. The van der Waals surface area contributed by atoms with Gasteiger partial charge in [0.25, 0.3) is 0 Å². The molecule has 21 heteroatoms. The average molecular weight is 1060 g/mol. The van der Waals surface area contributed by atoms with E-state index in [0.717, 1.165) is 16.7 Å². The van der Waals surface area contributed by atoms with Crippen molar-refractivity contribution in [2.75, 3.05) is 13.2 Å². The third-order valence-electron chi connectivity index (χ3n) is 15.0. The van der Waals surface area contributed by atoms with E-state index in [4.69, 9.17) is 57.8 Å². The molecule has 5 saturated heterocycles. The number of hydrogen-bond donors (Lipinski definition) is 8. The number of nitrogens with two attached hydrogens (primary N) is 1. The predicted molar refractivity (Wildman–Crippen MR) is 264 cm³/mol. The van der Waals surface area contributed by atoms with Crippen molar-refractivity contribution in [3.05, 3.63) is 144 Å². The number of benzene rings is 4. The third-order valence-corrected chi connectivity index (χ3v) is 15.0. The van der Waals surface area contributed by atoms with Crippen LogP contribution in [-0.4, -0.2) is 161 Å². The van der Waals surface area contributed by atoms with Crippen molar-refractivity contribution in [1.29, 1.82) is 0 Å². The Hall–Kier alpha value is -5.18. The lowest BCUT2D eigenvalue weighted by atomic mass is 9.80. The molecule has 2 unspecified atom stereocenters. The highest BCUT2D eigenvalue weighted by atomic mass is 16.8. The molecule has 5 heterocycles. The van der Waals surface area contributed by atoms with Crippen LogP contribution in [0.5, 0.6) is 0 Å². The second kappa shape index (κ2) is 24.7. The SMILES string of the molecule is C[C@H]1C[C@@H](N)[C@H](O)[C@@H](O[C@@H]2O[C@H](CO)[C@@H](O[C@H]3O[C@H]4CCC(c5ccccc5)O[C@H]4[C@H](O)[C@H]3NC(=O)OCc3ccccc3)[C@H]2O)[C@@H]1O[C@H]1O[C@@H]2COC(c3ccccc3)O[C@H]2[C@@H](O)[C@H]1NC(=O)OCc1ccccc1. The first kappa shape index (κ1) is 54.2. The second-order valence-corrected chi connectivity index (χ2v) is 20.2. The quantitative estimate of drug-likeness (QED) is 0.0850. The van der Waals surface area contributed by atoms with Crippen LogP contribution in [0.2, 0.25) is 0 Å². The summed E-state index contributed by atoms with van der Waals surface area (Å²) in [6, 6.07) is 33.3. The van der Waals surface area contributed by atoms with Crippen LogP contribution >= 0.6 is 0 Å². The van der Waals surface area contributed by atoms with E-state index >= 15 is 0 Å². The Balaban J connectivity index is 0.860. The van der Waals surface area contributed by atoms with Gasteiger partial charge in [-0.3, -0.25) is 0 Å².